The lowest BCUT2D eigenvalue weighted by molar-refractivity contribution is 0.621. The zero-order valence-electron chi connectivity index (χ0n) is 8.42. The van der Waals surface area contributed by atoms with Gasteiger partial charge in [0.05, 0.1) is 8.95 Å². The van der Waals surface area contributed by atoms with Crippen LogP contribution in [0.5, 0.6) is 0 Å². The Labute approximate surface area is 114 Å². The van der Waals surface area contributed by atoms with E-state index in [1.165, 1.54) is 6.07 Å². The Balaban J connectivity index is 2.31. The maximum absolute atomic E-state index is 13.1. The highest BCUT2D eigenvalue weighted by molar-refractivity contribution is 9.10. The number of benzene rings is 1. The maximum atomic E-state index is 13.1. The first kappa shape index (κ1) is 12.3. The second-order valence-electron chi connectivity index (χ2n) is 3.18. The molecule has 0 saturated heterocycles. The van der Waals surface area contributed by atoms with Crippen LogP contribution in [0.1, 0.15) is 0 Å². The van der Waals surface area contributed by atoms with Gasteiger partial charge in [-0.05, 0) is 50.1 Å². The number of rotatable bonds is 2. The van der Waals surface area contributed by atoms with Crippen molar-refractivity contribution in [3.8, 4) is 0 Å². The van der Waals surface area contributed by atoms with Gasteiger partial charge in [-0.3, -0.25) is 0 Å². The molecular weight excluding hydrogens is 355 g/mol. The van der Waals surface area contributed by atoms with Crippen LogP contribution in [0.25, 0.3) is 0 Å². The molecule has 0 atom stereocenters. The number of nitrogens with two attached hydrogens (primary N) is 1. The first-order valence-electron chi connectivity index (χ1n) is 4.56. The predicted octanol–water partition coefficient (Wildman–Crippen LogP) is 3.47. The SMILES string of the molecule is Nc1ncc(Br)c(Nc2ccc(F)c(Br)c2)n1. The number of nitrogen functional groups attached to an aromatic ring is 1. The second-order valence-corrected chi connectivity index (χ2v) is 4.89. The van der Waals surface area contributed by atoms with E-state index in [0.29, 0.717) is 20.5 Å². The molecular formula is C10H7Br2FN4. The van der Waals surface area contributed by atoms with Crippen LogP contribution >= 0.6 is 31.9 Å². The third-order valence-electron chi connectivity index (χ3n) is 1.95. The first-order valence-corrected chi connectivity index (χ1v) is 6.15. The molecule has 0 aliphatic heterocycles. The zero-order valence-corrected chi connectivity index (χ0v) is 11.6. The van der Waals surface area contributed by atoms with Gasteiger partial charge in [-0.2, -0.15) is 4.98 Å². The lowest BCUT2D eigenvalue weighted by atomic mass is 10.3. The number of aromatic nitrogens is 2. The van der Waals surface area contributed by atoms with E-state index in [9.17, 15) is 4.39 Å². The van der Waals surface area contributed by atoms with E-state index in [4.69, 9.17) is 5.73 Å². The molecule has 1 aromatic heterocycles. The van der Waals surface area contributed by atoms with Crippen LogP contribution < -0.4 is 11.1 Å². The fourth-order valence-electron chi connectivity index (χ4n) is 1.18. The Morgan fingerprint density at radius 3 is 2.71 bits per heavy atom. The molecule has 2 rings (SSSR count). The summed E-state index contributed by atoms with van der Waals surface area (Å²) in [6.07, 6.45) is 1.54. The summed E-state index contributed by atoms with van der Waals surface area (Å²) in [6, 6.07) is 4.57. The van der Waals surface area contributed by atoms with Gasteiger partial charge in [-0.25, -0.2) is 9.37 Å². The highest BCUT2D eigenvalue weighted by Crippen LogP contribution is 2.26. The summed E-state index contributed by atoms with van der Waals surface area (Å²) in [5.41, 5.74) is 6.17. The van der Waals surface area contributed by atoms with Gasteiger partial charge in [0.25, 0.3) is 0 Å². The average Bonchev–Trinajstić information content (AvgIpc) is 2.29. The van der Waals surface area contributed by atoms with Gasteiger partial charge in [0, 0.05) is 11.9 Å². The van der Waals surface area contributed by atoms with E-state index in [1.807, 2.05) is 0 Å². The summed E-state index contributed by atoms with van der Waals surface area (Å²) < 4.78 is 14.1. The van der Waals surface area contributed by atoms with Gasteiger partial charge < -0.3 is 11.1 Å². The Bertz CT molecular complexity index is 562. The smallest absolute Gasteiger partial charge is 0.222 e. The lowest BCUT2D eigenvalue weighted by Gasteiger charge is -2.08. The molecule has 0 unspecified atom stereocenters. The minimum absolute atomic E-state index is 0.164. The third-order valence-corrected chi connectivity index (χ3v) is 3.13. The maximum Gasteiger partial charge on any atom is 0.222 e. The number of nitrogens with zero attached hydrogens (tertiary/aromatic N) is 2. The normalized spacial score (nSPS) is 10.3. The standard InChI is InChI=1S/C10H7Br2FN4/c11-6-3-5(1-2-8(6)13)16-9-7(12)4-15-10(14)17-9/h1-4H,(H3,14,15,16,17). The Morgan fingerprint density at radius 1 is 1.24 bits per heavy atom. The summed E-state index contributed by atoms with van der Waals surface area (Å²) in [5, 5.41) is 3.01. The van der Waals surface area contributed by atoms with Crippen LogP contribution in [0.4, 0.5) is 21.8 Å². The van der Waals surface area contributed by atoms with Gasteiger partial charge in [-0.1, -0.05) is 0 Å². The monoisotopic (exact) mass is 360 g/mol. The molecule has 0 fully saturated rings. The molecule has 0 radical (unpaired) electrons. The number of hydrogen-bond acceptors (Lipinski definition) is 4. The van der Waals surface area contributed by atoms with Crippen LogP contribution in [0.3, 0.4) is 0 Å². The minimum atomic E-state index is -0.322. The minimum Gasteiger partial charge on any atom is -0.368 e. The van der Waals surface area contributed by atoms with E-state index in [2.05, 4.69) is 47.1 Å². The molecule has 17 heavy (non-hydrogen) atoms. The largest absolute Gasteiger partial charge is 0.368 e. The summed E-state index contributed by atoms with van der Waals surface area (Å²) in [7, 11) is 0. The van der Waals surface area contributed by atoms with Crippen LogP contribution in [-0.4, -0.2) is 9.97 Å². The quantitative estimate of drug-likeness (QED) is 0.859. The molecule has 4 nitrogen and oxygen atoms in total. The van der Waals surface area contributed by atoms with Gasteiger partial charge in [0.15, 0.2) is 0 Å². The molecule has 0 aliphatic rings. The molecule has 0 spiro atoms. The molecule has 0 saturated carbocycles. The molecule has 7 heteroatoms. The van der Waals surface area contributed by atoms with Gasteiger partial charge >= 0.3 is 0 Å². The lowest BCUT2D eigenvalue weighted by Crippen LogP contribution is -2.00. The number of hydrogen-bond donors (Lipinski definition) is 2. The van der Waals surface area contributed by atoms with Crippen molar-refractivity contribution in [2.75, 3.05) is 11.1 Å². The first-order chi connectivity index (χ1) is 8.06. The number of nitrogens with one attached hydrogen (secondary N) is 1. The van der Waals surface area contributed by atoms with Crippen molar-refractivity contribution in [1.29, 1.82) is 0 Å². The Morgan fingerprint density at radius 2 is 2.00 bits per heavy atom. The van der Waals surface area contributed by atoms with Gasteiger partial charge in [0.2, 0.25) is 5.95 Å². The highest BCUT2D eigenvalue weighted by Gasteiger charge is 2.05. The molecule has 1 aromatic carbocycles. The van der Waals surface area contributed by atoms with Crippen LogP contribution in [0.2, 0.25) is 0 Å². The molecule has 2 aromatic rings. The number of halogens is 3. The van der Waals surface area contributed by atoms with Crippen molar-refractivity contribution in [3.63, 3.8) is 0 Å². The van der Waals surface area contributed by atoms with Crippen molar-refractivity contribution in [1.82, 2.24) is 9.97 Å². The molecule has 3 N–H and O–H groups in total. The summed E-state index contributed by atoms with van der Waals surface area (Å²) in [5.74, 6) is 0.365. The van der Waals surface area contributed by atoms with Crippen LogP contribution in [0, 0.1) is 5.82 Å². The topological polar surface area (TPSA) is 63.8 Å². The van der Waals surface area contributed by atoms with E-state index < -0.39 is 0 Å². The van der Waals surface area contributed by atoms with Crippen molar-refractivity contribution in [2.45, 2.75) is 0 Å². The summed E-state index contributed by atoms with van der Waals surface area (Å²) in [6.45, 7) is 0. The molecule has 0 aliphatic carbocycles. The van der Waals surface area contributed by atoms with Gasteiger partial charge in [0.1, 0.15) is 11.6 Å². The fourth-order valence-corrected chi connectivity index (χ4v) is 1.85. The Kier molecular flexibility index (Phi) is 3.58. The van der Waals surface area contributed by atoms with E-state index in [0.717, 1.165) is 0 Å². The van der Waals surface area contributed by atoms with Gasteiger partial charge in [-0.15, -0.1) is 0 Å². The summed E-state index contributed by atoms with van der Waals surface area (Å²) >= 11 is 6.40. The predicted molar refractivity (Wildman–Crippen MR) is 71.5 cm³/mol. The molecule has 0 bridgehead atoms. The highest BCUT2D eigenvalue weighted by atomic mass is 79.9. The van der Waals surface area contributed by atoms with Crippen LogP contribution in [0.15, 0.2) is 33.3 Å². The zero-order chi connectivity index (χ0) is 12.4. The van der Waals surface area contributed by atoms with Crippen molar-refractivity contribution in [2.24, 2.45) is 0 Å². The Hall–Kier alpha value is -1.21. The van der Waals surface area contributed by atoms with Crippen molar-refractivity contribution >= 4 is 49.3 Å². The summed E-state index contributed by atoms with van der Waals surface area (Å²) in [4.78, 5) is 7.84. The van der Waals surface area contributed by atoms with E-state index in [1.54, 1.807) is 18.3 Å². The molecule has 88 valence electrons. The van der Waals surface area contributed by atoms with E-state index >= 15 is 0 Å². The van der Waals surface area contributed by atoms with Crippen molar-refractivity contribution in [3.05, 3.63) is 39.2 Å². The number of anilines is 3. The van der Waals surface area contributed by atoms with Crippen LogP contribution in [-0.2, 0) is 0 Å². The van der Waals surface area contributed by atoms with Crippen molar-refractivity contribution < 1.29 is 4.39 Å². The molecule has 0 amide bonds. The third kappa shape index (κ3) is 2.92. The molecule has 1 heterocycles. The van der Waals surface area contributed by atoms with E-state index in [-0.39, 0.29) is 11.8 Å². The fraction of sp³-hybridized carbons (Fsp3) is 0. The second kappa shape index (κ2) is 4.97. The average molecular weight is 362 g/mol.